The second-order valence-electron chi connectivity index (χ2n) is 4.66. The summed E-state index contributed by atoms with van der Waals surface area (Å²) in [4.78, 5) is 43.5. The van der Waals surface area contributed by atoms with E-state index in [4.69, 9.17) is 0 Å². The fraction of sp³-hybridized carbons (Fsp3) is 0. The van der Waals surface area contributed by atoms with Crippen LogP contribution in [0.4, 0.5) is 11.4 Å². The van der Waals surface area contributed by atoms with E-state index in [2.05, 4.69) is 10.6 Å². The Balaban J connectivity index is 0.000000160. The largest absolute Gasteiger partial charge is 0.318 e. The molecule has 2 aromatic rings. The van der Waals surface area contributed by atoms with Crippen LogP contribution in [-0.2, 0) is 9.59 Å². The topological polar surface area (TPSA) is 92.3 Å². The van der Waals surface area contributed by atoms with Crippen LogP contribution in [0.25, 0.3) is 0 Å². The van der Waals surface area contributed by atoms with Crippen molar-refractivity contribution < 1.29 is 19.2 Å². The van der Waals surface area contributed by atoms with Crippen molar-refractivity contribution in [2.75, 3.05) is 10.6 Å². The van der Waals surface area contributed by atoms with Crippen LogP contribution in [0.5, 0.6) is 0 Å². The molecule has 0 spiro atoms. The molecule has 0 saturated heterocycles. The average Bonchev–Trinajstić information content (AvgIpc) is 2.98. The fourth-order valence-corrected chi connectivity index (χ4v) is 2.18. The zero-order chi connectivity index (χ0) is 15.7. The third kappa shape index (κ3) is 2.97. The third-order valence-electron chi connectivity index (χ3n) is 3.25. The number of rotatable bonds is 0. The second-order valence-corrected chi connectivity index (χ2v) is 4.66. The van der Waals surface area contributed by atoms with Gasteiger partial charge in [0.05, 0.1) is 22.5 Å². The number of ketones is 2. The Bertz CT molecular complexity index is 763. The van der Waals surface area contributed by atoms with Crippen molar-refractivity contribution in [3.8, 4) is 0 Å². The first kappa shape index (κ1) is 16.4. The highest BCUT2D eigenvalue weighted by Gasteiger charge is 2.27. The van der Waals surface area contributed by atoms with Crippen LogP contribution in [-0.4, -0.2) is 23.4 Å². The van der Waals surface area contributed by atoms with Crippen LogP contribution in [0.1, 0.15) is 20.7 Å². The second kappa shape index (κ2) is 6.41. The molecule has 116 valence electrons. The Morgan fingerprint density at radius 1 is 0.565 bits per heavy atom. The standard InChI is InChI=1S/2C8H5NO2.ClH/c2*10-7-5-3-1-2-4-6(5)9-8(7)11;/h2*1-4H,(H,9,10,11);1H. The van der Waals surface area contributed by atoms with Gasteiger partial charge in [-0.15, -0.1) is 12.4 Å². The summed E-state index contributed by atoms with van der Waals surface area (Å²) in [6, 6.07) is 13.7. The van der Waals surface area contributed by atoms with Crippen molar-refractivity contribution in [1.82, 2.24) is 0 Å². The maximum Gasteiger partial charge on any atom is 0.296 e. The summed E-state index contributed by atoms with van der Waals surface area (Å²) < 4.78 is 0. The molecule has 2 aliphatic rings. The Labute approximate surface area is 137 Å². The van der Waals surface area contributed by atoms with Crippen LogP contribution in [0.15, 0.2) is 48.5 Å². The summed E-state index contributed by atoms with van der Waals surface area (Å²) in [7, 11) is 0. The fourth-order valence-electron chi connectivity index (χ4n) is 2.18. The molecule has 2 heterocycles. The Hall–Kier alpha value is -2.99. The first-order valence-corrected chi connectivity index (χ1v) is 6.47. The minimum atomic E-state index is -0.536. The Morgan fingerprint density at radius 2 is 0.913 bits per heavy atom. The van der Waals surface area contributed by atoms with Gasteiger partial charge >= 0.3 is 0 Å². The molecule has 7 heteroatoms. The SMILES string of the molecule is Cl.O=C1Nc2ccccc2C1=O.O=C1Nc2ccccc2C1=O. The van der Waals surface area contributed by atoms with E-state index in [0.29, 0.717) is 22.5 Å². The van der Waals surface area contributed by atoms with E-state index in [-0.39, 0.29) is 12.4 Å². The summed E-state index contributed by atoms with van der Waals surface area (Å²) in [5.41, 5.74) is 2.17. The van der Waals surface area contributed by atoms with Crippen molar-refractivity contribution in [2.24, 2.45) is 0 Å². The van der Waals surface area contributed by atoms with Gasteiger partial charge in [-0.25, -0.2) is 0 Å². The molecule has 0 radical (unpaired) electrons. The number of para-hydroxylation sites is 2. The maximum atomic E-state index is 11.0. The highest BCUT2D eigenvalue weighted by Crippen LogP contribution is 2.22. The maximum absolute atomic E-state index is 11.0. The average molecular weight is 331 g/mol. The minimum absolute atomic E-state index is 0. The number of anilines is 2. The van der Waals surface area contributed by atoms with Crippen molar-refractivity contribution >= 4 is 47.2 Å². The number of carbonyl (C=O) groups excluding carboxylic acids is 4. The highest BCUT2D eigenvalue weighted by atomic mass is 35.5. The molecule has 0 bridgehead atoms. The van der Waals surface area contributed by atoms with Gasteiger partial charge in [-0.2, -0.15) is 0 Å². The first-order valence-electron chi connectivity index (χ1n) is 6.47. The lowest BCUT2D eigenvalue weighted by molar-refractivity contribution is -0.112. The summed E-state index contributed by atoms with van der Waals surface area (Å²) >= 11 is 0. The molecule has 2 amide bonds. The van der Waals surface area contributed by atoms with E-state index in [1.807, 2.05) is 0 Å². The van der Waals surface area contributed by atoms with Gasteiger partial charge in [-0.05, 0) is 24.3 Å². The number of carbonyl (C=O) groups is 4. The monoisotopic (exact) mass is 330 g/mol. The van der Waals surface area contributed by atoms with E-state index in [1.165, 1.54) is 0 Å². The Kier molecular flexibility index (Phi) is 4.57. The van der Waals surface area contributed by atoms with Gasteiger partial charge in [0.1, 0.15) is 0 Å². The molecule has 0 fully saturated rings. The number of halogens is 1. The van der Waals surface area contributed by atoms with Crippen molar-refractivity contribution in [3.63, 3.8) is 0 Å². The lowest BCUT2D eigenvalue weighted by atomic mass is 10.1. The van der Waals surface area contributed by atoms with E-state index in [9.17, 15) is 19.2 Å². The quantitative estimate of drug-likeness (QED) is 0.723. The zero-order valence-electron chi connectivity index (χ0n) is 11.7. The van der Waals surface area contributed by atoms with Gasteiger partial charge in [-0.3, -0.25) is 19.2 Å². The van der Waals surface area contributed by atoms with E-state index < -0.39 is 23.4 Å². The molecule has 6 nitrogen and oxygen atoms in total. The normalized spacial score (nSPS) is 13.9. The van der Waals surface area contributed by atoms with E-state index in [1.54, 1.807) is 48.5 Å². The summed E-state index contributed by atoms with van der Waals surface area (Å²) in [5, 5.41) is 4.92. The first-order chi connectivity index (χ1) is 10.6. The molecule has 2 aliphatic heterocycles. The summed E-state index contributed by atoms with van der Waals surface area (Å²) in [5.74, 6) is -1.96. The third-order valence-corrected chi connectivity index (χ3v) is 3.25. The Morgan fingerprint density at radius 3 is 1.26 bits per heavy atom. The molecular weight excluding hydrogens is 320 g/mol. The molecule has 23 heavy (non-hydrogen) atoms. The number of nitrogens with one attached hydrogen (secondary N) is 2. The molecule has 4 rings (SSSR count). The lowest BCUT2D eigenvalue weighted by Crippen LogP contribution is -2.12. The minimum Gasteiger partial charge on any atom is -0.318 e. The van der Waals surface area contributed by atoms with Crippen molar-refractivity contribution in [1.29, 1.82) is 0 Å². The summed E-state index contributed by atoms with van der Waals surface area (Å²) in [6.07, 6.45) is 0. The van der Waals surface area contributed by atoms with Gasteiger partial charge in [0.15, 0.2) is 0 Å². The predicted molar refractivity (Wildman–Crippen MR) is 86.1 cm³/mol. The molecule has 0 atom stereocenters. The molecule has 0 saturated carbocycles. The highest BCUT2D eigenvalue weighted by molar-refractivity contribution is 6.52. The number of Topliss-reactive ketones (excluding diaryl/α,β-unsaturated/α-hetero) is 2. The zero-order valence-corrected chi connectivity index (χ0v) is 12.5. The molecule has 2 aromatic carbocycles. The van der Waals surface area contributed by atoms with Gasteiger partial charge in [-0.1, -0.05) is 24.3 Å². The van der Waals surface area contributed by atoms with Crippen molar-refractivity contribution in [2.45, 2.75) is 0 Å². The lowest BCUT2D eigenvalue weighted by Gasteiger charge is -1.91. The van der Waals surface area contributed by atoms with Gasteiger partial charge < -0.3 is 10.6 Å². The number of amides is 2. The molecule has 2 N–H and O–H groups in total. The van der Waals surface area contributed by atoms with Crippen molar-refractivity contribution in [3.05, 3.63) is 59.7 Å². The molecular formula is C16H11ClN2O4. The van der Waals surface area contributed by atoms with Crippen LogP contribution in [0.2, 0.25) is 0 Å². The number of hydrogen-bond acceptors (Lipinski definition) is 4. The van der Waals surface area contributed by atoms with Gasteiger partial charge in [0.2, 0.25) is 0 Å². The molecule has 0 aliphatic carbocycles. The van der Waals surface area contributed by atoms with Gasteiger partial charge in [0, 0.05) is 0 Å². The molecule has 0 unspecified atom stereocenters. The van der Waals surface area contributed by atoms with Crippen LogP contribution >= 0.6 is 12.4 Å². The van der Waals surface area contributed by atoms with Crippen LogP contribution < -0.4 is 10.6 Å². The summed E-state index contributed by atoms with van der Waals surface area (Å²) in [6.45, 7) is 0. The smallest absolute Gasteiger partial charge is 0.296 e. The van der Waals surface area contributed by atoms with E-state index in [0.717, 1.165) is 0 Å². The van der Waals surface area contributed by atoms with Gasteiger partial charge in [0.25, 0.3) is 23.4 Å². The number of benzene rings is 2. The molecule has 0 aromatic heterocycles. The number of fused-ring (bicyclic) bond motifs is 2. The van der Waals surface area contributed by atoms with Crippen LogP contribution in [0, 0.1) is 0 Å². The number of hydrogen-bond donors (Lipinski definition) is 2. The predicted octanol–water partition coefficient (Wildman–Crippen LogP) is 2.06. The van der Waals surface area contributed by atoms with E-state index >= 15 is 0 Å². The van der Waals surface area contributed by atoms with Crippen LogP contribution in [0.3, 0.4) is 0 Å².